The zero-order chi connectivity index (χ0) is 13.7. The van der Waals surface area contributed by atoms with E-state index in [1.165, 1.54) is 0 Å². The van der Waals surface area contributed by atoms with Crippen molar-refractivity contribution in [2.24, 2.45) is 11.7 Å². The van der Waals surface area contributed by atoms with Crippen molar-refractivity contribution in [3.8, 4) is 0 Å². The van der Waals surface area contributed by atoms with Crippen molar-refractivity contribution in [2.45, 2.75) is 38.4 Å². The molecule has 0 radical (unpaired) electrons. The largest absolute Gasteiger partial charge is 0.396 e. The van der Waals surface area contributed by atoms with Crippen molar-refractivity contribution in [3.63, 3.8) is 0 Å². The van der Waals surface area contributed by atoms with Crippen LogP contribution in [0.5, 0.6) is 0 Å². The Kier molecular flexibility index (Phi) is 4.93. The first-order chi connectivity index (χ1) is 9.20. The van der Waals surface area contributed by atoms with E-state index in [1.54, 1.807) is 12.1 Å². The molecule has 0 saturated heterocycles. The molecule has 0 bridgehead atoms. The van der Waals surface area contributed by atoms with Crippen LogP contribution in [0.3, 0.4) is 0 Å². The SMILES string of the molecule is NC(=O)c1ccccc1COC1CCC(CO)CC1. The zero-order valence-corrected chi connectivity index (χ0v) is 11.0. The number of carbonyl (C=O) groups is 1. The second kappa shape index (κ2) is 6.68. The number of hydrogen-bond donors (Lipinski definition) is 2. The minimum Gasteiger partial charge on any atom is -0.396 e. The van der Waals surface area contributed by atoms with Crippen LogP contribution >= 0.6 is 0 Å². The van der Waals surface area contributed by atoms with Gasteiger partial charge in [0.1, 0.15) is 0 Å². The average molecular weight is 263 g/mol. The minimum atomic E-state index is -0.414. The summed E-state index contributed by atoms with van der Waals surface area (Å²) < 4.78 is 5.86. The van der Waals surface area contributed by atoms with Crippen LogP contribution in [0.2, 0.25) is 0 Å². The predicted octanol–water partition coefficient (Wildman–Crippen LogP) is 1.85. The number of aliphatic hydroxyl groups is 1. The van der Waals surface area contributed by atoms with Gasteiger partial charge in [0.05, 0.1) is 12.7 Å². The van der Waals surface area contributed by atoms with Crippen molar-refractivity contribution >= 4 is 5.91 Å². The third kappa shape index (κ3) is 3.78. The lowest BCUT2D eigenvalue weighted by molar-refractivity contribution is 0.000962. The molecule has 2 rings (SSSR count). The maximum Gasteiger partial charge on any atom is 0.249 e. The Morgan fingerprint density at radius 2 is 1.95 bits per heavy atom. The lowest BCUT2D eigenvalue weighted by atomic mass is 9.88. The van der Waals surface area contributed by atoms with E-state index in [0.717, 1.165) is 31.2 Å². The summed E-state index contributed by atoms with van der Waals surface area (Å²) in [6.45, 7) is 0.699. The van der Waals surface area contributed by atoms with Crippen LogP contribution in [0.25, 0.3) is 0 Å². The highest BCUT2D eigenvalue weighted by Gasteiger charge is 2.21. The van der Waals surface area contributed by atoms with Gasteiger partial charge in [-0.2, -0.15) is 0 Å². The third-order valence-electron chi connectivity index (χ3n) is 3.81. The molecule has 1 aromatic rings. The summed E-state index contributed by atoms with van der Waals surface area (Å²) in [4.78, 5) is 11.3. The van der Waals surface area contributed by atoms with E-state index in [4.69, 9.17) is 15.6 Å². The first-order valence-corrected chi connectivity index (χ1v) is 6.81. The number of carbonyl (C=O) groups excluding carboxylic acids is 1. The molecule has 3 N–H and O–H groups in total. The summed E-state index contributed by atoms with van der Waals surface area (Å²) in [7, 11) is 0. The number of amides is 1. The van der Waals surface area contributed by atoms with Gasteiger partial charge >= 0.3 is 0 Å². The molecule has 0 aliphatic heterocycles. The Bertz CT molecular complexity index is 425. The molecule has 0 aromatic heterocycles. The molecule has 1 amide bonds. The molecule has 4 heteroatoms. The number of rotatable bonds is 5. The van der Waals surface area contributed by atoms with Gasteiger partial charge in [-0.3, -0.25) is 4.79 Å². The average Bonchev–Trinajstić information content (AvgIpc) is 2.46. The maximum absolute atomic E-state index is 11.3. The minimum absolute atomic E-state index is 0.226. The Hall–Kier alpha value is -1.39. The van der Waals surface area contributed by atoms with Crippen molar-refractivity contribution in [2.75, 3.05) is 6.61 Å². The highest BCUT2D eigenvalue weighted by Crippen LogP contribution is 2.26. The fraction of sp³-hybridized carbons (Fsp3) is 0.533. The Balaban J connectivity index is 1.88. The third-order valence-corrected chi connectivity index (χ3v) is 3.81. The van der Waals surface area contributed by atoms with E-state index >= 15 is 0 Å². The lowest BCUT2D eigenvalue weighted by Crippen LogP contribution is -2.23. The molecule has 1 saturated carbocycles. The normalized spacial score (nSPS) is 23.2. The monoisotopic (exact) mass is 263 g/mol. The van der Waals surface area contributed by atoms with E-state index in [1.807, 2.05) is 12.1 Å². The van der Waals surface area contributed by atoms with Gasteiger partial charge in [-0.1, -0.05) is 18.2 Å². The summed E-state index contributed by atoms with van der Waals surface area (Å²) in [5, 5.41) is 9.09. The Morgan fingerprint density at radius 1 is 1.26 bits per heavy atom. The van der Waals surface area contributed by atoms with Gasteiger partial charge in [-0.25, -0.2) is 0 Å². The van der Waals surface area contributed by atoms with Gasteiger partial charge in [0.2, 0.25) is 5.91 Å². The quantitative estimate of drug-likeness (QED) is 0.851. The van der Waals surface area contributed by atoms with E-state index < -0.39 is 5.91 Å². The van der Waals surface area contributed by atoms with Gasteiger partial charge in [0, 0.05) is 12.2 Å². The van der Waals surface area contributed by atoms with Crippen LogP contribution in [-0.2, 0) is 11.3 Å². The van der Waals surface area contributed by atoms with E-state index in [0.29, 0.717) is 18.1 Å². The molecule has 1 aliphatic carbocycles. The van der Waals surface area contributed by atoms with Crippen LogP contribution in [0.4, 0.5) is 0 Å². The number of primary amides is 1. The van der Waals surface area contributed by atoms with Crippen molar-refractivity contribution in [1.82, 2.24) is 0 Å². The van der Waals surface area contributed by atoms with E-state index in [2.05, 4.69) is 0 Å². The number of benzene rings is 1. The highest BCUT2D eigenvalue weighted by atomic mass is 16.5. The first kappa shape index (κ1) is 14.0. The van der Waals surface area contributed by atoms with Gasteiger partial charge in [-0.05, 0) is 43.2 Å². The van der Waals surface area contributed by atoms with Gasteiger partial charge in [-0.15, -0.1) is 0 Å². The summed E-state index contributed by atoms with van der Waals surface area (Å²) >= 11 is 0. The van der Waals surface area contributed by atoms with E-state index in [9.17, 15) is 4.79 Å². The number of ether oxygens (including phenoxy) is 1. The molecule has 4 nitrogen and oxygen atoms in total. The van der Waals surface area contributed by atoms with Crippen molar-refractivity contribution < 1.29 is 14.6 Å². The maximum atomic E-state index is 11.3. The zero-order valence-electron chi connectivity index (χ0n) is 11.0. The molecule has 1 fully saturated rings. The number of hydrogen-bond acceptors (Lipinski definition) is 3. The molecule has 0 spiro atoms. The summed E-state index contributed by atoms with van der Waals surface area (Å²) in [6, 6.07) is 7.28. The molecule has 0 heterocycles. The molecule has 1 aromatic carbocycles. The summed E-state index contributed by atoms with van der Waals surface area (Å²) in [5.41, 5.74) is 6.72. The molecule has 104 valence electrons. The number of nitrogens with two attached hydrogens (primary N) is 1. The summed E-state index contributed by atoms with van der Waals surface area (Å²) in [5.74, 6) is 0.0148. The van der Waals surface area contributed by atoms with Crippen molar-refractivity contribution in [3.05, 3.63) is 35.4 Å². The fourth-order valence-electron chi connectivity index (χ4n) is 2.58. The summed E-state index contributed by atoms with van der Waals surface area (Å²) in [6.07, 6.45) is 4.20. The molecular formula is C15H21NO3. The van der Waals surface area contributed by atoms with Gasteiger partial charge in [0.15, 0.2) is 0 Å². The molecule has 0 unspecified atom stereocenters. The standard InChI is InChI=1S/C15H21NO3/c16-15(18)14-4-2-1-3-12(14)10-19-13-7-5-11(9-17)6-8-13/h1-4,11,13,17H,5-10H2,(H2,16,18). The Labute approximate surface area is 113 Å². The van der Waals surface area contributed by atoms with E-state index in [-0.39, 0.29) is 12.7 Å². The van der Waals surface area contributed by atoms with Crippen LogP contribution in [0, 0.1) is 5.92 Å². The van der Waals surface area contributed by atoms with Gasteiger partial charge in [0.25, 0.3) is 0 Å². The van der Waals surface area contributed by atoms with Crippen LogP contribution in [0.15, 0.2) is 24.3 Å². The number of aliphatic hydroxyl groups excluding tert-OH is 1. The second-order valence-electron chi connectivity index (χ2n) is 5.16. The molecule has 0 atom stereocenters. The lowest BCUT2D eigenvalue weighted by Gasteiger charge is -2.27. The van der Waals surface area contributed by atoms with Crippen molar-refractivity contribution in [1.29, 1.82) is 0 Å². The first-order valence-electron chi connectivity index (χ1n) is 6.81. The van der Waals surface area contributed by atoms with Crippen LogP contribution in [-0.4, -0.2) is 23.7 Å². The molecule has 19 heavy (non-hydrogen) atoms. The fourth-order valence-corrected chi connectivity index (χ4v) is 2.58. The smallest absolute Gasteiger partial charge is 0.249 e. The molecule has 1 aliphatic rings. The predicted molar refractivity (Wildman–Crippen MR) is 72.6 cm³/mol. The highest BCUT2D eigenvalue weighted by molar-refractivity contribution is 5.94. The topological polar surface area (TPSA) is 72.6 Å². The van der Waals surface area contributed by atoms with Crippen LogP contribution in [0.1, 0.15) is 41.6 Å². The molecular weight excluding hydrogens is 242 g/mol. The van der Waals surface area contributed by atoms with Gasteiger partial charge < -0.3 is 15.6 Å². The Morgan fingerprint density at radius 3 is 2.58 bits per heavy atom. The second-order valence-corrected chi connectivity index (χ2v) is 5.16. The van der Waals surface area contributed by atoms with Crippen LogP contribution < -0.4 is 5.73 Å².